The molecule has 0 saturated carbocycles. The van der Waals surface area contributed by atoms with Gasteiger partial charge in [-0.15, -0.1) is 10.2 Å². The van der Waals surface area contributed by atoms with Crippen LogP contribution in [0.25, 0.3) is 0 Å². The third kappa shape index (κ3) is 4.66. The summed E-state index contributed by atoms with van der Waals surface area (Å²) in [5.74, 6) is 1.25. The number of thioether (sulfide) groups is 2. The van der Waals surface area contributed by atoms with Crippen LogP contribution in [0.2, 0.25) is 0 Å². The van der Waals surface area contributed by atoms with Gasteiger partial charge in [0.2, 0.25) is 0 Å². The molecule has 3 N–H and O–H groups in total. The van der Waals surface area contributed by atoms with Crippen molar-refractivity contribution in [2.24, 2.45) is 16.3 Å². The van der Waals surface area contributed by atoms with E-state index in [1.54, 1.807) is 34.9 Å². The van der Waals surface area contributed by atoms with Gasteiger partial charge < -0.3 is 10.9 Å². The summed E-state index contributed by atoms with van der Waals surface area (Å²) < 4.78 is 2.00. The van der Waals surface area contributed by atoms with Gasteiger partial charge in [0.15, 0.2) is 8.68 Å². The van der Waals surface area contributed by atoms with Crippen molar-refractivity contribution in [3.63, 3.8) is 0 Å². The van der Waals surface area contributed by atoms with Crippen molar-refractivity contribution in [3.8, 4) is 0 Å². The molecule has 0 aliphatic carbocycles. The van der Waals surface area contributed by atoms with Crippen molar-refractivity contribution in [1.82, 2.24) is 10.2 Å². The van der Waals surface area contributed by atoms with Crippen LogP contribution in [-0.2, 0) is 0 Å². The molecule has 1 heterocycles. The third-order valence-corrected chi connectivity index (χ3v) is 5.65. The zero-order valence-corrected chi connectivity index (χ0v) is 13.2. The molecule has 18 heavy (non-hydrogen) atoms. The molecule has 0 amide bonds. The number of hydrogen-bond donors (Lipinski definition) is 2. The first-order valence-corrected chi connectivity index (χ1v) is 8.50. The fourth-order valence-corrected chi connectivity index (χ4v) is 3.72. The number of nitrogens with two attached hydrogens (primary N) is 1. The Labute approximate surface area is 120 Å². The van der Waals surface area contributed by atoms with E-state index in [1.165, 1.54) is 0 Å². The van der Waals surface area contributed by atoms with E-state index in [4.69, 9.17) is 10.9 Å². The molecule has 0 aromatic carbocycles. The summed E-state index contributed by atoms with van der Waals surface area (Å²) in [5.41, 5.74) is 5.37. The maximum absolute atomic E-state index is 8.67. The van der Waals surface area contributed by atoms with E-state index >= 15 is 0 Å². The van der Waals surface area contributed by atoms with Crippen LogP contribution in [0.1, 0.15) is 26.7 Å². The average molecular weight is 306 g/mol. The zero-order valence-electron chi connectivity index (χ0n) is 10.7. The van der Waals surface area contributed by atoms with Gasteiger partial charge in [-0.3, -0.25) is 0 Å². The minimum Gasteiger partial charge on any atom is -0.409 e. The maximum atomic E-state index is 8.67. The van der Waals surface area contributed by atoms with Crippen LogP contribution < -0.4 is 5.73 Å². The molecule has 1 aromatic rings. The Morgan fingerprint density at radius 3 is 2.67 bits per heavy atom. The van der Waals surface area contributed by atoms with Crippen molar-refractivity contribution < 1.29 is 5.21 Å². The highest BCUT2D eigenvalue weighted by Crippen LogP contribution is 2.29. The second kappa shape index (κ2) is 7.20. The van der Waals surface area contributed by atoms with Gasteiger partial charge in [-0.1, -0.05) is 53.9 Å². The highest BCUT2D eigenvalue weighted by molar-refractivity contribution is 8.02. The summed E-state index contributed by atoms with van der Waals surface area (Å²) in [7, 11) is 0. The Bertz CT molecular complexity index is 406. The third-order valence-electron chi connectivity index (χ3n) is 2.54. The van der Waals surface area contributed by atoms with Gasteiger partial charge in [-0.25, -0.2) is 0 Å². The van der Waals surface area contributed by atoms with E-state index in [2.05, 4.69) is 15.4 Å². The molecule has 0 aliphatic heterocycles. The van der Waals surface area contributed by atoms with E-state index in [-0.39, 0.29) is 11.3 Å². The van der Waals surface area contributed by atoms with Crippen LogP contribution in [0.4, 0.5) is 0 Å². The topological polar surface area (TPSA) is 84.4 Å². The lowest BCUT2D eigenvalue weighted by molar-refractivity contribution is 0.305. The number of nitrogens with zero attached hydrogens (tertiary/aromatic N) is 3. The minimum absolute atomic E-state index is 0.263. The smallest absolute Gasteiger partial charge is 0.175 e. The van der Waals surface area contributed by atoms with Crippen molar-refractivity contribution in [1.29, 1.82) is 0 Å². The summed E-state index contributed by atoms with van der Waals surface area (Å²) in [6, 6.07) is 0. The Balaban J connectivity index is 2.30. The second-order valence-corrected chi connectivity index (χ2v) is 7.73. The van der Waals surface area contributed by atoms with Crippen LogP contribution in [-0.4, -0.2) is 33.2 Å². The van der Waals surface area contributed by atoms with Gasteiger partial charge in [0.05, 0.1) is 0 Å². The number of aromatic nitrogens is 2. The molecular weight excluding hydrogens is 288 g/mol. The first-order valence-electron chi connectivity index (χ1n) is 5.48. The second-order valence-electron chi connectivity index (χ2n) is 4.36. The first-order chi connectivity index (χ1) is 8.49. The van der Waals surface area contributed by atoms with Crippen LogP contribution in [0.3, 0.4) is 0 Å². The molecule has 0 unspecified atom stereocenters. The molecule has 102 valence electrons. The minimum atomic E-state index is -0.263. The van der Waals surface area contributed by atoms with Gasteiger partial charge in [-0.05, 0) is 19.1 Å². The van der Waals surface area contributed by atoms with Gasteiger partial charge in [0, 0.05) is 11.2 Å². The fraction of sp³-hybridized carbons (Fsp3) is 0.700. The summed E-state index contributed by atoms with van der Waals surface area (Å²) in [4.78, 5) is 0. The zero-order chi connectivity index (χ0) is 13.6. The highest BCUT2D eigenvalue weighted by atomic mass is 32.2. The van der Waals surface area contributed by atoms with Crippen molar-refractivity contribution >= 4 is 40.7 Å². The normalized spacial score (nSPS) is 12.9. The van der Waals surface area contributed by atoms with E-state index < -0.39 is 0 Å². The lowest BCUT2D eigenvalue weighted by Crippen LogP contribution is -2.31. The lowest BCUT2D eigenvalue weighted by atomic mass is 9.87. The van der Waals surface area contributed by atoms with Crippen molar-refractivity contribution in [2.45, 2.75) is 35.4 Å². The molecule has 0 spiro atoms. The predicted molar refractivity (Wildman–Crippen MR) is 78.8 cm³/mol. The number of oxime groups is 1. The van der Waals surface area contributed by atoms with Gasteiger partial charge in [-0.2, -0.15) is 0 Å². The molecule has 1 rings (SSSR count). The van der Waals surface area contributed by atoms with Gasteiger partial charge in [0.1, 0.15) is 5.84 Å². The predicted octanol–water partition coefficient (Wildman–Crippen LogP) is 2.90. The molecule has 1 aromatic heterocycles. The molecule has 8 heteroatoms. The number of rotatable bonds is 7. The molecule has 0 fully saturated rings. The fourth-order valence-electron chi connectivity index (χ4n) is 1.28. The molecular formula is C10H18N4OS3. The van der Waals surface area contributed by atoms with Crippen molar-refractivity contribution in [3.05, 3.63) is 0 Å². The molecule has 0 aliphatic rings. The van der Waals surface area contributed by atoms with Crippen LogP contribution >= 0.6 is 34.9 Å². The Morgan fingerprint density at radius 2 is 2.11 bits per heavy atom. The van der Waals surface area contributed by atoms with Crippen molar-refractivity contribution in [2.75, 3.05) is 12.0 Å². The molecule has 0 atom stereocenters. The van der Waals surface area contributed by atoms with Crippen LogP contribution in [0, 0.1) is 5.41 Å². The summed E-state index contributed by atoms with van der Waals surface area (Å²) in [6.07, 6.45) is 3.86. The van der Waals surface area contributed by atoms with Gasteiger partial charge >= 0.3 is 0 Å². The summed E-state index contributed by atoms with van der Waals surface area (Å²) in [5, 5.41) is 19.9. The average Bonchev–Trinajstić information content (AvgIpc) is 2.81. The van der Waals surface area contributed by atoms with E-state index in [0.717, 1.165) is 27.3 Å². The van der Waals surface area contributed by atoms with E-state index in [1.807, 2.05) is 20.1 Å². The standard InChI is InChI=1S/C10H18N4OS3/c1-10(2,7(11)14-15)5-4-6-17-9-13-12-8(16-3)18-9/h15H,4-6H2,1-3H3,(H2,11,14). The maximum Gasteiger partial charge on any atom is 0.175 e. The monoisotopic (exact) mass is 306 g/mol. The summed E-state index contributed by atoms with van der Waals surface area (Å²) in [6.45, 7) is 3.95. The largest absolute Gasteiger partial charge is 0.409 e. The van der Waals surface area contributed by atoms with Crippen LogP contribution in [0.15, 0.2) is 13.8 Å². The quantitative estimate of drug-likeness (QED) is 0.201. The molecule has 5 nitrogen and oxygen atoms in total. The number of hydrogen-bond acceptors (Lipinski definition) is 7. The van der Waals surface area contributed by atoms with Gasteiger partial charge in [0.25, 0.3) is 0 Å². The first kappa shape index (κ1) is 15.6. The summed E-state index contributed by atoms with van der Waals surface area (Å²) >= 11 is 4.93. The Kier molecular flexibility index (Phi) is 6.24. The molecule has 0 saturated heterocycles. The molecule has 0 bridgehead atoms. The lowest BCUT2D eigenvalue weighted by Gasteiger charge is -2.22. The van der Waals surface area contributed by atoms with E-state index in [9.17, 15) is 0 Å². The Morgan fingerprint density at radius 1 is 1.44 bits per heavy atom. The van der Waals surface area contributed by atoms with E-state index in [0.29, 0.717) is 0 Å². The molecule has 0 radical (unpaired) electrons. The SMILES string of the molecule is CSc1nnc(SCCCC(C)(C)C(N)=NO)s1. The Hall–Kier alpha value is -0.470. The highest BCUT2D eigenvalue weighted by Gasteiger charge is 2.22. The van der Waals surface area contributed by atoms with Crippen LogP contribution in [0.5, 0.6) is 0 Å². The number of amidine groups is 1.